The van der Waals surface area contributed by atoms with Gasteiger partial charge in [-0.05, 0) is 19.8 Å². The number of carboxylic acids is 1. The number of aliphatic hydroxyl groups is 1. The van der Waals surface area contributed by atoms with Crippen LogP contribution >= 0.6 is 0 Å². The minimum absolute atomic E-state index is 0.0431. The first-order valence-corrected chi connectivity index (χ1v) is 9.21. The average Bonchev–Trinajstić information content (AvgIpc) is 2.56. The van der Waals surface area contributed by atoms with Gasteiger partial charge >= 0.3 is 24.1 Å². The molecule has 0 bridgehead atoms. The van der Waals surface area contributed by atoms with Gasteiger partial charge in [-0.1, -0.05) is 39.5 Å². The Bertz CT molecular complexity index is 495. The van der Waals surface area contributed by atoms with Crippen LogP contribution in [0.2, 0.25) is 0 Å². The number of hydrogen-bond acceptors (Lipinski definition) is 8. The minimum atomic E-state index is -2.74. The molecule has 0 saturated carbocycles. The van der Waals surface area contributed by atoms with Gasteiger partial charge in [0.1, 0.15) is 6.10 Å². The molecule has 9 heteroatoms. The number of hydrogen-bond donors (Lipinski definition) is 2. The van der Waals surface area contributed by atoms with Crippen molar-refractivity contribution in [2.45, 2.75) is 83.8 Å². The molecule has 1 atom stereocenters. The van der Waals surface area contributed by atoms with Gasteiger partial charge < -0.3 is 24.4 Å². The van der Waals surface area contributed by atoms with Crippen LogP contribution in [0.15, 0.2) is 0 Å². The number of unbranched alkanes of at least 4 members (excludes halogenated alkanes) is 2. The van der Waals surface area contributed by atoms with E-state index in [1.165, 1.54) is 6.92 Å². The van der Waals surface area contributed by atoms with Gasteiger partial charge in [-0.15, -0.1) is 0 Å². The SMILES string of the molecule is CCCCC(CCCC)OC(=O)CC(O)(CC(=O)OC(=O)OCC)C(=O)O. The van der Waals surface area contributed by atoms with E-state index in [9.17, 15) is 29.4 Å². The van der Waals surface area contributed by atoms with Gasteiger partial charge in [0.05, 0.1) is 19.4 Å². The maximum atomic E-state index is 12.1. The fourth-order valence-corrected chi connectivity index (χ4v) is 2.32. The van der Waals surface area contributed by atoms with Crippen molar-refractivity contribution in [2.24, 2.45) is 0 Å². The molecular formula is C18H30O9. The Kier molecular flexibility index (Phi) is 12.0. The van der Waals surface area contributed by atoms with Gasteiger partial charge in [-0.3, -0.25) is 9.59 Å². The third-order valence-corrected chi connectivity index (χ3v) is 3.79. The predicted molar refractivity (Wildman–Crippen MR) is 93.9 cm³/mol. The highest BCUT2D eigenvalue weighted by Gasteiger charge is 2.42. The summed E-state index contributed by atoms with van der Waals surface area (Å²) in [5, 5.41) is 19.4. The quantitative estimate of drug-likeness (QED) is 0.359. The smallest absolute Gasteiger partial charge is 0.479 e. The van der Waals surface area contributed by atoms with Crippen LogP contribution in [0.25, 0.3) is 0 Å². The van der Waals surface area contributed by atoms with E-state index >= 15 is 0 Å². The van der Waals surface area contributed by atoms with Crippen LogP contribution in [0.3, 0.4) is 0 Å². The summed E-state index contributed by atoms with van der Waals surface area (Å²) < 4.78 is 13.9. The molecule has 0 aliphatic rings. The molecule has 9 nitrogen and oxygen atoms in total. The highest BCUT2D eigenvalue weighted by molar-refractivity contribution is 5.91. The second kappa shape index (κ2) is 13.1. The first-order valence-electron chi connectivity index (χ1n) is 9.21. The van der Waals surface area contributed by atoms with Crippen LogP contribution in [-0.2, 0) is 28.6 Å². The summed E-state index contributed by atoms with van der Waals surface area (Å²) in [7, 11) is 0. The Labute approximate surface area is 159 Å². The van der Waals surface area contributed by atoms with E-state index in [-0.39, 0.29) is 12.7 Å². The normalized spacial score (nSPS) is 12.9. The fraction of sp³-hybridized carbons (Fsp3) is 0.778. The van der Waals surface area contributed by atoms with E-state index in [2.05, 4.69) is 9.47 Å². The number of rotatable bonds is 13. The molecule has 156 valence electrons. The molecule has 0 aliphatic heterocycles. The van der Waals surface area contributed by atoms with E-state index in [4.69, 9.17) is 4.74 Å². The van der Waals surface area contributed by atoms with Crippen molar-refractivity contribution in [3.05, 3.63) is 0 Å². The fourth-order valence-electron chi connectivity index (χ4n) is 2.32. The molecule has 1 unspecified atom stereocenters. The second-order valence-corrected chi connectivity index (χ2v) is 6.24. The summed E-state index contributed by atoms with van der Waals surface area (Å²) in [5.74, 6) is -4.04. The van der Waals surface area contributed by atoms with Crippen molar-refractivity contribution in [2.75, 3.05) is 6.61 Å². The predicted octanol–water partition coefficient (Wildman–Crippen LogP) is 2.57. The van der Waals surface area contributed by atoms with Gasteiger partial charge in [0.25, 0.3) is 0 Å². The summed E-state index contributed by atoms with van der Waals surface area (Å²) in [5.41, 5.74) is -2.74. The van der Waals surface area contributed by atoms with E-state index in [1.807, 2.05) is 13.8 Å². The number of esters is 2. The summed E-state index contributed by atoms with van der Waals surface area (Å²) in [6.07, 6.45) is 1.08. The molecule has 2 N–H and O–H groups in total. The molecule has 0 fully saturated rings. The Hall–Kier alpha value is -2.16. The van der Waals surface area contributed by atoms with E-state index in [0.717, 1.165) is 25.7 Å². The van der Waals surface area contributed by atoms with Crippen molar-refractivity contribution in [1.29, 1.82) is 0 Å². The van der Waals surface area contributed by atoms with Crippen molar-refractivity contribution in [3.8, 4) is 0 Å². The summed E-state index contributed by atoms with van der Waals surface area (Å²) in [6, 6.07) is 0. The highest BCUT2D eigenvalue weighted by atomic mass is 16.7. The van der Waals surface area contributed by atoms with Crippen LogP contribution in [0.5, 0.6) is 0 Å². The zero-order valence-electron chi connectivity index (χ0n) is 16.2. The number of ether oxygens (including phenoxy) is 3. The summed E-state index contributed by atoms with van der Waals surface area (Å²) in [6.45, 7) is 5.44. The van der Waals surface area contributed by atoms with Crippen LogP contribution < -0.4 is 0 Å². The third kappa shape index (κ3) is 10.5. The number of carbonyl (C=O) groups excluding carboxylic acids is 3. The van der Waals surface area contributed by atoms with Gasteiger partial charge in [-0.2, -0.15) is 0 Å². The maximum Gasteiger partial charge on any atom is 0.516 e. The first-order chi connectivity index (χ1) is 12.7. The molecule has 0 aromatic heterocycles. The molecule has 0 spiro atoms. The number of carboxylic acid groups (broad SMARTS) is 1. The molecule has 0 aromatic rings. The van der Waals surface area contributed by atoms with E-state index in [0.29, 0.717) is 12.8 Å². The van der Waals surface area contributed by atoms with Gasteiger partial charge in [0, 0.05) is 0 Å². The van der Waals surface area contributed by atoms with Crippen molar-refractivity contribution in [3.63, 3.8) is 0 Å². The molecule has 0 amide bonds. The van der Waals surface area contributed by atoms with Gasteiger partial charge in [0.15, 0.2) is 5.60 Å². The lowest BCUT2D eigenvalue weighted by atomic mass is 9.95. The molecule has 0 radical (unpaired) electrons. The standard InChI is InChI=1S/C18H30O9/c1-4-7-9-13(10-8-5-2)26-14(19)11-18(24,16(21)22)12-15(20)27-17(23)25-6-3/h13,24H,4-12H2,1-3H3,(H,21,22). The monoisotopic (exact) mass is 390 g/mol. The average molecular weight is 390 g/mol. The van der Waals surface area contributed by atoms with Crippen molar-refractivity contribution in [1.82, 2.24) is 0 Å². The Morgan fingerprint density at radius 2 is 1.44 bits per heavy atom. The molecule has 0 aliphatic carbocycles. The molecule has 0 rings (SSSR count). The Balaban J connectivity index is 4.88. The molecule has 27 heavy (non-hydrogen) atoms. The van der Waals surface area contributed by atoms with Crippen molar-refractivity contribution < 1.29 is 43.6 Å². The molecule has 0 saturated heterocycles. The maximum absolute atomic E-state index is 12.1. The zero-order valence-corrected chi connectivity index (χ0v) is 16.2. The van der Waals surface area contributed by atoms with E-state index in [1.54, 1.807) is 0 Å². The minimum Gasteiger partial charge on any atom is -0.479 e. The second-order valence-electron chi connectivity index (χ2n) is 6.24. The number of aliphatic carboxylic acids is 1. The third-order valence-electron chi connectivity index (χ3n) is 3.79. The molecular weight excluding hydrogens is 360 g/mol. The molecule has 0 heterocycles. The van der Waals surface area contributed by atoms with Crippen LogP contribution in [-0.4, -0.2) is 52.6 Å². The van der Waals surface area contributed by atoms with Crippen LogP contribution in [0.1, 0.15) is 72.1 Å². The largest absolute Gasteiger partial charge is 0.516 e. The highest BCUT2D eigenvalue weighted by Crippen LogP contribution is 2.20. The van der Waals surface area contributed by atoms with Gasteiger partial charge in [-0.25, -0.2) is 9.59 Å². The zero-order chi connectivity index (χ0) is 20.9. The lowest BCUT2D eigenvalue weighted by Gasteiger charge is -2.23. The summed E-state index contributed by atoms with van der Waals surface area (Å²) in [4.78, 5) is 46.2. The Morgan fingerprint density at radius 3 is 1.89 bits per heavy atom. The Morgan fingerprint density at radius 1 is 0.926 bits per heavy atom. The van der Waals surface area contributed by atoms with Crippen LogP contribution in [0.4, 0.5) is 4.79 Å². The number of carbonyl (C=O) groups is 4. The summed E-state index contributed by atoms with van der Waals surface area (Å²) >= 11 is 0. The van der Waals surface area contributed by atoms with E-state index < -0.39 is 42.5 Å². The lowest BCUT2D eigenvalue weighted by Crippen LogP contribution is -2.44. The topological polar surface area (TPSA) is 136 Å². The van der Waals surface area contributed by atoms with Crippen LogP contribution in [0, 0.1) is 0 Å². The van der Waals surface area contributed by atoms with Crippen molar-refractivity contribution >= 4 is 24.1 Å². The van der Waals surface area contributed by atoms with Gasteiger partial charge in [0.2, 0.25) is 0 Å². The first kappa shape index (κ1) is 24.8. The molecule has 0 aromatic carbocycles. The lowest BCUT2D eigenvalue weighted by molar-refractivity contribution is -0.174.